The van der Waals surface area contributed by atoms with E-state index in [0.717, 1.165) is 18.4 Å². The van der Waals surface area contributed by atoms with E-state index in [2.05, 4.69) is 15.3 Å². The summed E-state index contributed by atoms with van der Waals surface area (Å²) in [6.07, 6.45) is 4.84. The molecule has 0 spiro atoms. The minimum absolute atomic E-state index is 0.0869. The highest BCUT2D eigenvalue weighted by molar-refractivity contribution is 5.88. The van der Waals surface area contributed by atoms with E-state index in [1.165, 1.54) is 12.5 Å². The molecule has 2 aromatic heterocycles. The standard InChI is InChI=1S/C18H19FN4O/c19-15-10-23(13-6-7-14(24)8-13)18-16(15)17(21-11-22-18)20-9-12-4-2-1-3-5-12/h1-5,10-11,13-14,24H,6-9H2,(H,20,21,22)/t13-,14+/m1/s1. The summed E-state index contributed by atoms with van der Waals surface area (Å²) in [6.45, 7) is 0.569. The monoisotopic (exact) mass is 326 g/mol. The van der Waals surface area contributed by atoms with Gasteiger partial charge in [-0.3, -0.25) is 0 Å². The summed E-state index contributed by atoms with van der Waals surface area (Å²) >= 11 is 0. The van der Waals surface area contributed by atoms with Crippen molar-refractivity contribution in [2.75, 3.05) is 5.32 Å². The zero-order valence-corrected chi connectivity index (χ0v) is 13.2. The van der Waals surface area contributed by atoms with Gasteiger partial charge < -0.3 is 15.0 Å². The van der Waals surface area contributed by atoms with Gasteiger partial charge in [0.25, 0.3) is 0 Å². The number of nitrogens with zero attached hydrogens (tertiary/aromatic N) is 3. The van der Waals surface area contributed by atoms with Crippen LogP contribution in [0.5, 0.6) is 0 Å². The molecule has 0 saturated heterocycles. The predicted octanol–water partition coefficient (Wildman–Crippen LogP) is 3.27. The van der Waals surface area contributed by atoms with Crippen LogP contribution in [0.2, 0.25) is 0 Å². The number of hydrogen-bond donors (Lipinski definition) is 2. The summed E-state index contributed by atoms with van der Waals surface area (Å²) in [5, 5.41) is 13.4. The Hall–Kier alpha value is -2.47. The molecule has 0 radical (unpaired) electrons. The second-order valence-corrected chi connectivity index (χ2v) is 6.27. The Bertz CT molecular complexity index is 849. The van der Waals surface area contributed by atoms with E-state index in [1.54, 1.807) is 0 Å². The fourth-order valence-corrected chi connectivity index (χ4v) is 3.42. The van der Waals surface area contributed by atoms with Crippen LogP contribution in [0, 0.1) is 5.82 Å². The molecule has 3 aromatic rings. The topological polar surface area (TPSA) is 63.0 Å². The van der Waals surface area contributed by atoms with E-state index in [-0.39, 0.29) is 18.0 Å². The van der Waals surface area contributed by atoms with Crippen LogP contribution in [0.3, 0.4) is 0 Å². The van der Waals surface area contributed by atoms with Gasteiger partial charge in [-0.05, 0) is 24.8 Å². The summed E-state index contributed by atoms with van der Waals surface area (Å²) in [5.74, 6) is 0.168. The number of anilines is 1. The number of aliphatic hydroxyl groups is 1. The van der Waals surface area contributed by atoms with Crippen LogP contribution < -0.4 is 5.32 Å². The van der Waals surface area contributed by atoms with E-state index < -0.39 is 0 Å². The van der Waals surface area contributed by atoms with Gasteiger partial charge in [-0.1, -0.05) is 30.3 Å². The smallest absolute Gasteiger partial charge is 0.154 e. The molecule has 6 heteroatoms. The van der Waals surface area contributed by atoms with E-state index in [1.807, 2.05) is 34.9 Å². The summed E-state index contributed by atoms with van der Waals surface area (Å²) < 4.78 is 16.4. The van der Waals surface area contributed by atoms with Gasteiger partial charge in [0.2, 0.25) is 0 Å². The molecule has 0 amide bonds. The first-order chi connectivity index (χ1) is 11.7. The summed E-state index contributed by atoms with van der Waals surface area (Å²) in [7, 11) is 0. The lowest BCUT2D eigenvalue weighted by Gasteiger charge is -2.13. The largest absolute Gasteiger partial charge is 0.393 e. The van der Waals surface area contributed by atoms with Gasteiger partial charge in [-0.15, -0.1) is 0 Å². The number of aromatic nitrogens is 3. The minimum atomic E-state index is -0.331. The van der Waals surface area contributed by atoms with E-state index in [0.29, 0.717) is 29.8 Å². The molecule has 1 saturated carbocycles. The van der Waals surface area contributed by atoms with Crippen LogP contribution in [0.1, 0.15) is 30.9 Å². The predicted molar refractivity (Wildman–Crippen MR) is 90.1 cm³/mol. The summed E-state index contributed by atoms with van der Waals surface area (Å²) in [5.41, 5.74) is 1.68. The second-order valence-electron chi connectivity index (χ2n) is 6.27. The maximum absolute atomic E-state index is 14.5. The van der Waals surface area contributed by atoms with Crippen molar-refractivity contribution >= 4 is 16.9 Å². The Kier molecular flexibility index (Phi) is 3.90. The fourth-order valence-electron chi connectivity index (χ4n) is 3.42. The zero-order valence-electron chi connectivity index (χ0n) is 13.2. The van der Waals surface area contributed by atoms with Crippen LogP contribution in [-0.2, 0) is 6.54 Å². The van der Waals surface area contributed by atoms with Crippen molar-refractivity contribution in [3.05, 3.63) is 54.2 Å². The number of nitrogens with one attached hydrogen (secondary N) is 1. The van der Waals surface area contributed by atoms with Crippen molar-refractivity contribution in [1.82, 2.24) is 14.5 Å². The van der Waals surface area contributed by atoms with E-state index >= 15 is 0 Å². The number of rotatable bonds is 4. The van der Waals surface area contributed by atoms with Crippen LogP contribution in [-0.4, -0.2) is 25.7 Å². The second kappa shape index (κ2) is 6.20. The molecule has 24 heavy (non-hydrogen) atoms. The van der Waals surface area contributed by atoms with Crippen molar-refractivity contribution in [3.8, 4) is 0 Å². The Morgan fingerprint density at radius 3 is 2.79 bits per heavy atom. The Morgan fingerprint density at radius 2 is 2.04 bits per heavy atom. The molecule has 2 atom stereocenters. The first-order valence-corrected chi connectivity index (χ1v) is 8.19. The van der Waals surface area contributed by atoms with Crippen LogP contribution in [0.15, 0.2) is 42.9 Å². The number of hydrogen-bond acceptors (Lipinski definition) is 4. The molecule has 2 N–H and O–H groups in total. The van der Waals surface area contributed by atoms with Crippen molar-refractivity contribution in [1.29, 1.82) is 0 Å². The van der Waals surface area contributed by atoms with Crippen molar-refractivity contribution in [2.24, 2.45) is 0 Å². The van der Waals surface area contributed by atoms with Gasteiger partial charge >= 0.3 is 0 Å². The summed E-state index contributed by atoms with van der Waals surface area (Å²) in [6, 6.07) is 10.00. The lowest BCUT2D eigenvalue weighted by atomic mass is 10.2. The third-order valence-electron chi connectivity index (χ3n) is 4.64. The first-order valence-electron chi connectivity index (χ1n) is 8.19. The highest BCUT2D eigenvalue weighted by Crippen LogP contribution is 2.35. The zero-order chi connectivity index (χ0) is 16.5. The number of benzene rings is 1. The molecule has 1 aliphatic rings. The molecule has 0 unspecified atom stereocenters. The molecule has 1 fully saturated rings. The maximum atomic E-state index is 14.5. The molecular weight excluding hydrogens is 307 g/mol. The lowest BCUT2D eigenvalue weighted by molar-refractivity contribution is 0.178. The Labute approximate surface area is 139 Å². The highest BCUT2D eigenvalue weighted by Gasteiger charge is 2.27. The minimum Gasteiger partial charge on any atom is -0.393 e. The first kappa shape index (κ1) is 15.1. The third kappa shape index (κ3) is 2.73. The van der Waals surface area contributed by atoms with Gasteiger partial charge in [0.15, 0.2) is 5.82 Å². The molecule has 124 valence electrons. The highest BCUT2D eigenvalue weighted by atomic mass is 19.1. The molecule has 5 nitrogen and oxygen atoms in total. The maximum Gasteiger partial charge on any atom is 0.154 e. The van der Waals surface area contributed by atoms with Crippen LogP contribution in [0.4, 0.5) is 10.2 Å². The lowest BCUT2D eigenvalue weighted by Crippen LogP contribution is -2.07. The number of aliphatic hydroxyl groups excluding tert-OH is 1. The SMILES string of the molecule is O[C@H]1CC[C@@H](n2cc(F)c3c(NCc4ccccc4)ncnc32)C1. The normalized spacial score (nSPS) is 20.6. The van der Waals surface area contributed by atoms with Crippen molar-refractivity contribution in [2.45, 2.75) is 38.0 Å². The molecule has 4 rings (SSSR count). The average molecular weight is 326 g/mol. The van der Waals surface area contributed by atoms with Gasteiger partial charge in [-0.25, -0.2) is 14.4 Å². The molecule has 2 heterocycles. The van der Waals surface area contributed by atoms with Crippen molar-refractivity contribution in [3.63, 3.8) is 0 Å². The molecule has 1 aromatic carbocycles. The van der Waals surface area contributed by atoms with Gasteiger partial charge in [0.1, 0.15) is 17.8 Å². The Balaban J connectivity index is 1.66. The van der Waals surface area contributed by atoms with Gasteiger partial charge in [0, 0.05) is 18.8 Å². The summed E-state index contributed by atoms with van der Waals surface area (Å²) in [4.78, 5) is 8.49. The van der Waals surface area contributed by atoms with E-state index in [4.69, 9.17) is 0 Å². The van der Waals surface area contributed by atoms with Crippen LogP contribution in [0.25, 0.3) is 11.0 Å². The molecule has 0 aliphatic heterocycles. The Morgan fingerprint density at radius 1 is 1.21 bits per heavy atom. The fraction of sp³-hybridized carbons (Fsp3) is 0.333. The third-order valence-corrected chi connectivity index (χ3v) is 4.64. The average Bonchev–Trinajstić information content (AvgIpc) is 3.18. The van der Waals surface area contributed by atoms with Gasteiger partial charge in [0.05, 0.1) is 11.5 Å². The van der Waals surface area contributed by atoms with Gasteiger partial charge in [-0.2, -0.15) is 0 Å². The number of halogens is 1. The number of fused-ring (bicyclic) bond motifs is 1. The molecule has 0 bridgehead atoms. The quantitative estimate of drug-likeness (QED) is 0.772. The van der Waals surface area contributed by atoms with Crippen LogP contribution >= 0.6 is 0 Å². The molecule has 1 aliphatic carbocycles. The van der Waals surface area contributed by atoms with Crippen molar-refractivity contribution < 1.29 is 9.50 Å². The van der Waals surface area contributed by atoms with E-state index in [9.17, 15) is 9.50 Å². The molecular formula is C18H19FN4O.